The van der Waals surface area contributed by atoms with Crippen LogP contribution >= 0.6 is 0 Å². The van der Waals surface area contributed by atoms with Gasteiger partial charge in [-0.3, -0.25) is 0 Å². The SMILES string of the molecule is CCN(CC)CC(O)c1cc(F)ccc1F. The van der Waals surface area contributed by atoms with Gasteiger partial charge in [0, 0.05) is 12.1 Å². The summed E-state index contributed by atoms with van der Waals surface area (Å²) >= 11 is 0. The van der Waals surface area contributed by atoms with Gasteiger partial charge in [-0.05, 0) is 31.3 Å². The molecule has 0 aliphatic carbocycles. The van der Waals surface area contributed by atoms with Gasteiger partial charge in [0.15, 0.2) is 0 Å². The molecule has 1 aromatic carbocycles. The highest BCUT2D eigenvalue weighted by atomic mass is 19.1. The second kappa shape index (κ2) is 5.92. The normalized spacial score (nSPS) is 13.1. The molecule has 1 aromatic rings. The molecule has 0 aliphatic heterocycles. The quantitative estimate of drug-likeness (QED) is 0.837. The van der Waals surface area contributed by atoms with E-state index < -0.39 is 17.7 Å². The van der Waals surface area contributed by atoms with E-state index in [4.69, 9.17) is 0 Å². The molecule has 0 bridgehead atoms. The standard InChI is InChI=1S/C12H17F2NO/c1-3-15(4-2)8-12(16)10-7-9(13)5-6-11(10)14/h5-7,12,16H,3-4,8H2,1-2H3. The van der Waals surface area contributed by atoms with Crippen molar-refractivity contribution in [3.63, 3.8) is 0 Å². The minimum atomic E-state index is -0.990. The molecule has 1 N–H and O–H groups in total. The summed E-state index contributed by atoms with van der Waals surface area (Å²) in [5.41, 5.74) is 0.0203. The van der Waals surface area contributed by atoms with Gasteiger partial charge in [-0.25, -0.2) is 8.78 Å². The van der Waals surface area contributed by atoms with E-state index in [1.807, 2.05) is 18.7 Å². The average Bonchev–Trinajstić information content (AvgIpc) is 2.28. The van der Waals surface area contributed by atoms with Crippen molar-refractivity contribution in [2.45, 2.75) is 20.0 Å². The van der Waals surface area contributed by atoms with E-state index in [1.165, 1.54) is 0 Å². The zero-order valence-electron chi connectivity index (χ0n) is 9.58. The fourth-order valence-corrected chi connectivity index (χ4v) is 1.59. The predicted molar refractivity (Wildman–Crippen MR) is 59.1 cm³/mol. The molecule has 0 saturated heterocycles. The summed E-state index contributed by atoms with van der Waals surface area (Å²) in [6.07, 6.45) is -0.990. The van der Waals surface area contributed by atoms with Crippen molar-refractivity contribution in [3.05, 3.63) is 35.4 Å². The molecular weight excluding hydrogens is 212 g/mol. The smallest absolute Gasteiger partial charge is 0.129 e. The average molecular weight is 229 g/mol. The molecule has 0 aliphatic rings. The highest BCUT2D eigenvalue weighted by Crippen LogP contribution is 2.19. The summed E-state index contributed by atoms with van der Waals surface area (Å²) in [4.78, 5) is 1.95. The van der Waals surface area contributed by atoms with Crippen molar-refractivity contribution in [1.82, 2.24) is 4.90 Å². The fourth-order valence-electron chi connectivity index (χ4n) is 1.59. The van der Waals surface area contributed by atoms with Crippen molar-refractivity contribution in [2.75, 3.05) is 19.6 Å². The van der Waals surface area contributed by atoms with E-state index in [1.54, 1.807) is 0 Å². The Hall–Kier alpha value is -1.00. The molecule has 16 heavy (non-hydrogen) atoms. The maximum absolute atomic E-state index is 13.3. The number of likely N-dealkylation sites (N-methyl/N-ethyl adjacent to an activating group) is 1. The number of nitrogens with zero attached hydrogens (tertiary/aromatic N) is 1. The highest BCUT2D eigenvalue weighted by molar-refractivity contribution is 5.21. The molecule has 4 heteroatoms. The van der Waals surface area contributed by atoms with E-state index in [0.717, 1.165) is 31.3 Å². The number of hydrogen-bond donors (Lipinski definition) is 1. The van der Waals surface area contributed by atoms with Crippen LogP contribution in [-0.2, 0) is 0 Å². The minimum absolute atomic E-state index is 0.0203. The summed E-state index contributed by atoms with van der Waals surface area (Å²) < 4.78 is 26.3. The second-order valence-corrected chi connectivity index (χ2v) is 3.67. The zero-order valence-corrected chi connectivity index (χ0v) is 9.58. The van der Waals surface area contributed by atoms with Gasteiger partial charge >= 0.3 is 0 Å². The zero-order chi connectivity index (χ0) is 12.1. The van der Waals surface area contributed by atoms with Gasteiger partial charge in [-0.15, -0.1) is 0 Å². The maximum atomic E-state index is 13.3. The number of aliphatic hydroxyl groups excluding tert-OH is 1. The molecule has 0 fully saturated rings. The first-order valence-electron chi connectivity index (χ1n) is 5.43. The van der Waals surface area contributed by atoms with Crippen molar-refractivity contribution in [3.8, 4) is 0 Å². The van der Waals surface area contributed by atoms with Crippen LogP contribution < -0.4 is 0 Å². The van der Waals surface area contributed by atoms with Gasteiger partial charge in [0.2, 0.25) is 0 Å². The first-order valence-corrected chi connectivity index (χ1v) is 5.43. The van der Waals surface area contributed by atoms with E-state index in [0.29, 0.717) is 6.54 Å². The Morgan fingerprint density at radius 2 is 1.88 bits per heavy atom. The van der Waals surface area contributed by atoms with Crippen LogP contribution in [0, 0.1) is 11.6 Å². The lowest BCUT2D eigenvalue weighted by Gasteiger charge is -2.22. The number of halogens is 2. The van der Waals surface area contributed by atoms with Crippen LogP contribution in [0.5, 0.6) is 0 Å². The molecule has 0 amide bonds. The lowest BCUT2D eigenvalue weighted by Crippen LogP contribution is -2.28. The lowest BCUT2D eigenvalue weighted by atomic mass is 10.1. The first-order chi connectivity index (χ1) is 7.58. The summed E-state index contributed by atoms with van der Waals surface area (Å²) in [6.45, 7) is 5.76. The van der Waals surface area contributed by atoms with E-state index in [9.17, 15) is 13.9 Å². The van der Waals surface area contributed by atoms with Crippen LogP contribution in [0.4, 0.5) is 8.78 Å². The molecule has 0 aromatic heterocycles. The van der Waals surface area contributed by atoms with Crippen LogP contribution in [0.25, 0.3) is 0 Å². The van der Waals surface area contributed by atoms with E-state index in [-0.39, 0.29) is 5.56 Å². The maximum Gasteiger partial charge on any atom is 0.129 e. The van der Waals surface area contributed by atoms with E-state index in [2.05, 4.69) is 0 Å². The Labute approximate surface area is 94.5 Å². The van der Waals surface area contributed by atoms with Crippen molar-refractivity contribution >= 4 is 0 Å². The molecule has 90 valence electrons. The Kier molecular flexibility index (Phi) is 4.83. The molecule has 2 nitrogen and oxygen atoms in total. The van der Waals surface area contributed by atoms with Gasteiger partial charge in [0.05, 0.1) is 6.10 Å². The molecule has 0 radical (unpaired) electrons. The number of aliphatic hydroxyl groups is 1. The number of rotatable bonds is 5. The Balaban J connectivity index is 2.79. The largest absolute Gasteiger partial charge is 0.387 e. The third-order valence-electron chi connectivity index (χ3n) is 2.64. The molecule has 1 atom stereocenters. The summed E-state index contributed by atoms with van der Waals surface area (Å²) in [5.74, 6) is -1.10. The highest BCUT2D eigenvalue weighted by Gasteiger charge is 2.16. The van der Waals surface area contributed by atoms with Crippen LogP contribution in [-0.4, -0.2) is 29.6 Å². The Morgan fingerprint density at radius 3 is 2.44 bits per heavy atom. The van der Waals surface area contributed by atoms with Crippen LogP contribution in [0.3, 0.4) is 0 Å². The van der Waals surface area contributed by atoms with Crippen molar-refractivity contribution < 1.29 is 13.9 Å². The van der Waals surface area contributed by atoms with Crippen LogP contribution in [0.2, 0.25) is 0 Å². The van der Waals surface area contributed by atoms with Crippen molar-refractivity contribution in [1.29, 1.82) is 0 Å². The van der Waals surface area contributed by atoms with Gasteiger partial charge in [0.25, 0.3) is 0 Å². The molecular formula is C12H17F2NO. The fraction of sp³-hybridized carbons (Fsp3) is 0.500. The monoisotopic (exact) mass is 229 g/mol. The second-order valence-electron chi connectivity index (χ2n) is 3.67. The van der Waals surface area contributed by atoms with E-state index >= 15 is 0 Å². The summed E-state index contributed by atoms with van der Waals surface area (Å²) in [7, 11) is 0. The van der Waals surface area contributed by atoms with Crippen LogP contribution in [0.15, 0.2) is 18.2 Å². The van der Waals surface area contributed by atoms with Gasteiger partial charge in [-0.1, -0.05) is 13.8 Å². The van der Waals surface area contributed by atoms with Crippen LogP contribution in [0.1, 0.15) is 25.5 Å². The van der Waals surface area contributed by atoms with Gasteiger partial charge < -0.3 is 10.0 Å². The lowest BCUT2D eigenvalue weighted by molar-refractivity contribution is 0.115. The van der Waals surface area contributed by atoms with Gasteiger partial charge in [-0.2, -0.15) is 0 Å². The van der Waals surface area contributed by atoms with Crippen molar-refractivity contribution in [2.24, 2.45) is 0 Å². The predicted octanol–water partition coefficient (Wildman–Crippen LogP) is 2.34. The third-order valence-corrected chi connectivity index (χ3v) is 2.64. The molecule has 0 heterocycles. The summed E-state index contributed by atoms with van der Waals surface area (Å²) in [6, 6.07) is 3.13. The minimum Gasteiger partial charge on any atom is -0.387 e. The number of benzene rings is 1. The topological polar surface area (TPSA) is 23.5 Å². The molecule has 1 rings (SSSR count). The molecule has 0 spiro atoms. The third kappa shape index (κ3) is 3.25. The Morgan fingerprint density at radius 1 is 1.25 bits per heavy atom. The van der Waals surface area contributed by atoms with Gasteiger partial charge in [0.1, 0.15) is 11.6 Å². The summed E-state index contributed by atoms with van der Waals surface area (Å²) in [5, 5.41) is 9.81. The Bertz CT molecular complexity index is 340. The first kappa shape index (κ1) is 13.1. The number of hydrogen-bond acceptors (Lipinski definition) is 2. The molecule has 0 saturated carbocycles. The molecule has 1 unspecified atom stereocenters.